The molecule has 29 heteroatoms. The Kier molecular flexibility index (Phi) is 37.3. The van der Waals surface area contributed by atoms with E-state index < -0.39 is 139 Å². The van der Waals surface area contributed by atoms with Crippen LogP contribution in [0.2, 0.25) is 0 Å². The van der Waals surface area contributed by atoms with Crippen molar-refractivity contribution < 1.29 is 54.0 Å². The van der Waals surface area contributed by atoms with Crippen LogP contribution in [0.4, 0.5) is 0 Å². The van der Waals surface area contributed by atoms with Gasteiger partial charge in [-0.15, -0.1) is 0 Å². The summed E-state index contributed by atoms with van der Waals surface area (Å²) in [6.45, 7) is 1.13. The molecule has 6 amide bonds. The first-order chi connectivity index (χ1) is 48.4. The maximum atomic E-state index is 15.1. The Hall–Kier alpha value is -7.55. The third-order valence-corrected chi connectivity index (χ3v) is 22.1. The zero-order chi connectivity index (χ0) is 73.6. The van der Waals surface area contributed by atoms with Gasteiger partial charge in [-0.3, -0.25) is 28.8 Å². The predicted octanol–water partition coefficient (Wildman–Crippen LogP) is 2.28. The third kappa shape index (κ3) is 31.7. The Morgan fingerprint density at radius 2 is 0.733 bits per heavy atom. The molecule has 0 radical (unpaired) electrons. The van der Waals surface area contributed by atoms with E-state index >= 15 is 4.79 Å². The van der Waals surface area contributed by atoms with E-state index in [2.05, 4.69) is 37.2 Å². The van der Waals surface area contributed by atoms with Crippen molar-refractivity contribution in [3.63, 3.8) is 0 Å². The first kappa shape index (κ1) is 84.1. The van der Waals surface area contributed by atoms with Gasteiger partial charge in [0.15, 0.2) is 0 Å². The summed E-state index contributed by atoms with van der Waals surface area (Å²) < 4.78 is 89.7. The predicted molar refractivity (Wildman–Crippen MR) is 395 cm³/mol. The first-order valence-electron chi connectivity index (χ1n) is 34.8. The van der Waals surface area contributed by atoms with Gasteiger partial charge in [0, 0.05) is 63.8 Å². The van der Waals surface area contributed by atoms with Gasteiger partial charge in [0.25, 0.3) is 0 Å². The van der Waals surface area contributed by atoms with Crippen molar-refractivity contribution in [3.05, 3.63) is 179 Å². The monoisotopic (exact) mass is 1460 g/mol. The number of hydrogen-bond acceptors (Lipinski definition) is 17. The summed E-state index contributed by atoms with van der Waals surface area (Å²) in [7, 11) is -11.6. The molecular weight excluding hydrogens is 1350 g/mol. The van der Waals surface area contributed by atoms with Crippen molar-refractivity contribution in [1.82, 2.24) is 50.1 Å². The standard InChI is InChI=1S/C72H108N14O12S3/c1-55(2)78-64(37-21-24-42-75)70(90)79-62(36-20-23-41-74)48-85(100(95,96)53-59-31-15-7-16-32-59)52-68(88)82-65(39-38-56-25-9-4-10-26-56)71(91)80-61(35-19-22-40-73)47-84(99(93,94)44-43-76)51-69(89)83-66(46-58-29-13-6-14-30-58)72(92)81-63(45-57-27-11-5-12-28-57)49-86(50-67(87)77-3)101(97,98)54-60-33-17-8-18-34-60/h4-18,25-34,55,61-66,78H,19-24,35-54,73-76H2,1-3H3,(H,77,87)(H,79,90)(H,80,91)(H,81,92)(H,82,88)(H,83,89)/t61-,62-,63-,64-,65-,66-/m0/s1. The highest BCUT2D eigenvalue weighted by Gasteiger charge is 2.36. The number of hydrogen-bond donors (Lipinski definition) is 11. The van der Waals surface area contributed by atoms with E-state index in [1.54, 1.807) is 121 Å². The zero-order valence-electron chi connectivity index (χ0n) is 58.6. The van der Waals surface area contributed by atoms with Gasteiger partial charge in [-0.1, -0.05) is 185 Å². The molecule has 556 valence electrons. The van der Waals surface area contributed by atoms with Crippen molar-refractivity contribution in [1.29, 1.82) is 0 Å². The molecule has 0 saturated heterocycles. The fraction of sp³-hybridized carbons (Fsp3) is 0.500. The number of amides is 6. The number of nitrogens with zero attached hydrogens (tertiary/aromatic N) is 3. The number of benzene rings is 5. The van der Waals surface area contributed by atoms with E-state index in [1.165, 1.54) is 7.05 Å². The summed E-state index contributed by atoms with van der Waals surface area (Å²) in [5, 5.41) is 20.4. The summed E-state index contributed by atoms with van der Waals surface area (Å²) in [6, 6.07) is 37.4. The molecule has 26 nitrogen and oxygen atoms in total. The van der Waals surface area contributed by atoms with Gasteiger partial charge in [-0.25, -0.2) is 25.3 Å². The number of nitrogens with two attached hydrogens (primary N) is 4. The van der Waals surface area contributed by atoms with Gasteiger partial charge in [0.05, 0.1) is 42.9 Å². The van der Waals surface area contributed by atoms with Gasteiger partial charge in [-0.2, -0.15) is 12.9 Å². The smallest absolute Gasteiger partial charge is 0.243 e. The van der Waals surface area contributed by atoms with Crippen molar-refractivity contribution in [2.24, 2.45) is 22.9 Å². The molecule has 0 bridgehead atoms. The van der Waals surface area contributed by atoms with E-state index in [9.17, 15) is 49.2 Å². The van der Waals surface area contributed by atoms with Crippen molar-refractivity contribution in [2.75, 3.05) is 78.2 Å². The quantitative estimate of drug-likeness (QED) is 0.0249. The minimum absolute atomic E-state index is 0.00962. The van der Waals surface area contributed by atoms with Gasteiger partial charge in [-0.05, 0) is 105 Å². The van der Waals surface area contributed by atoms with Crippen LogP contribution in [0.1, 0.15) is 106 Å². The Balaban J connectivity index is 1.48. The van der Waals surface area contributed by atoms with Crippen LogP contribution in [0.5, 0.6) is 0 Å². The molecule has 0 heterocycles. The number of sulfonamides is 3. The van der Waals surface area contributed by atoms with E-state index in [0.717, 1.165) is 18.5 Å². The summed E-state index contributed by atoms with van der Waals surface area (Å²) >= 11 is 0. The number of carbonyl (C=O) groups is 6. The lowest BCUT2D eigenvalue weighted by molar-refractivity contribution is -0.130. The van der Waals surface area contributed by atoms with Gasteiger partial charge in [0.1, 0.15) is 12.1 Å². The Bertz CT molecular complexity index is 3630. The maximum Gasteiger partial charge on any atom is 0.243 e. The van der Waals surface area contributed by atoms with E-state index in [0.29, 0.717) is 86.7 Å². The van der Waals surface area contributed by atoms with E-state index in [4.69, 9.17) is 22.9 Å². The SMILES string of the molecule is CNC(=O)CN(C[C@H](Cc1ccccc1)NC(=O)[C@H](Cc1ccccc1)NC(=O)CN(C[C@H](CCCCN)NC(=O)[C@H](CCc1ccccc1)NC(=O)CN(C[C@H](CCCCN)NC(=O)[C@H](CCCCN)NC(C)C)S(=O)(=O)Cc1ccccc1)S(=O)(=O)CCN)S(=O)(=O)Cc1ccccc1. The highest BCUT2D eigenvalue weighted by atomic mass is 32.2. The molecule has 5 aromatic carbocycles. The second-order valence-corrected chi connectivity index (χ2v) is 31.7. The Labute approximate surface area is 598 Å². The van der Waals surface area contributed by atoms with Crippen molar-refractivity contribution in [2.45, 2.75) is 151 Å². The van der Waals surface area contributed by atoms with E-state index in [-0.39, 0.29) is 70.2 Å². The van der Waals surface area contributed by atoms with Crippen LogP contribution in [0.3, 0.4) is 0 Å². The molecule has 101 heavy (non-hydrogen) atoms. The third-order valence-electron chi connectivity index (χ3n) is 16.8. The molecule has 5 aromatic rings. The lowest BCUT2D eigenvalue weighted by atomic mass is 10.0. The maximum absolute atomic E-state index is 15.1. The number of unbranched alkanes of at least 4 members (excludes halogenated alkanes) is 3. The molecule has 0 aliphatic rings. The molecule has 6 atom stereocenters. The van der Waals surface area contributed by atoms with Gasteiger partial charge < -0.3 is 60.2 Å². The fourth-order valence-electron chi connectivity index (χ4n) is 11.6. The number of rotatable bonds is 50. The molecule has 15 N–H and O–H groups in total. The highest BCUT2D eigenvalue weighted by Crippen LogP contribution is 2.19. The topological polar surface area (TPSA) is 403 Å². The Morgan fingerprint density at radius 1 is 0.376 bits per heavy atom. The number of nitrogens with one attached hydrogen (secondary N) is 7. The Morgan fingerprint density at radius 3 is 1.16 bits per heavy atom. The van der Waals surface area contributed by atoms with Crippen LogP contribution in [0.25, 0.3) is 0 Å². The summed E-state index contributed by atoms with van der Waals surface area (Å²) in [6.07, 6.45) is 4.41. The van der Waals surface area contributed by atoms with E-state index in [1.807, 2.05) is 44.2 Å². The zero-order valence-corrected chi connectivity index (χ0v) is 61.1. The van der Waals surface area contributed by atoms with Crippen LogP contribution in [-0.2, 0) is 89.6 Å². The molecule has 0 aromatic heterocycles. The largest absolute Gasteiger partial charge is 0.358 e. The van der Waals surface area contributed by atoms with Crippen molar-refractivity contribution >= 4 is 65.5 Å². The first-order valence-corrected chi connectivity index (χ1v) is 39.6. The minimum atomic E-state index is -4.43. The summed E-state index contributed by atoms with van der Waals surface area (Å²) in [5.41, 5.74) is 26.6. The van der Waals surface area contributed by atoms with Crippen LogP contribution in [-0.4, -0.2) is 194 Å². The average Bonchev–Trinajstić information content (AvgIpc) is 0.906. The number of carbonyl (C=O) groups excluding carboxylic acids is 6. The van der Waals surface area contributed by atoms with Crippen molar-refractivity contribution in [3.8, 4) is 0 Å². The highest BCUT2D eigenvalue weighted by molar-refractivity contribution is 7.89. The van der Waals surface area contributed by atoms with Crippen LogP contribution >= 0.6 is 0 Å². The molecule has 0 saturated carbocycles. The number of aryl methyl sites for hydroxylation is 1. The molecule has 0 aliphatic carbocycles. The van der Waals surface area contributed by atoms with Crippen LogP contribution in [0.15, 0.2) is 152 Å². The number of likely N-dealkylation sites (N-methyl/N-ethyl adjacent to an activating group) is 1. The van der Waals surface area contributed by atoms with Crippen LogP contribution in [0, 0.1) is 0 Å². The molecule has 0 fully saturated rings. The lowest BCUT2D eigenvalue weighted by Crippen LogP contribution is -2.57. The van der Waals surface area contributed by atoms with Gasteiger partial charge in [0.2, 0.25) is 65.5 Å². The average molecular weight is 1460 g/mol. The lowest BCUT2D eigenvalue weighted by Gasteiger charge is -2.31. The summed E-state index contributed by atoms with van der Waals surface area (Å²) in [5.74, 6) is -5.78. The second-order valence-electron chi connectivity index (χ2n) is 25.6. The molecule has 5 rings (SSSR count). The minimum Gasteiger partial charge on any atom is -0.358 e. The van der Waals surface area contributed by atoms with Crippen LogP contribution < -0.4 is 60.2 Å². The molecule has 0 spiro atoms. The molecule has 0 unspecified atom stereocenters. The fourth-order valence-corrected chi connectivity index (χ4v) is 15.9. The second kappa shape index (κ2) is 44.7. The molecular formula is C72H108N14O12S3. The van der Waals surface area contributed by atoms with Gasteiger partial charge >= 0.3 is 0 Å². The normalized spacial score (nSPS) is 13.8. The summed E-state index contributed by atoms with van der Waals surface area (Å²) in [4.78, 5) is 86.6. The molecule has 0 aliphatic heterocycles.